The van der Waals surface area contributed by atoms with E-state index in [9.17, 15) is 8.42 Å². The maximum atomic E-state index is 13.1. The van der Waals surface area contributed by atoms with E-state index in [0.29, 0.717) is 24.2 Å². The van der Waals surface area contributed by atoms with E-state index in [2.05, 4.69) is 38.8 Å². The molecular weight excluding hydrogens is 390 g/mol. The van der Waals surface area contributed by atoms with Crippen molar-refractivity contribution in [1.29, 1.82) is 0 Å². The van der Waals surface area contributed by atoms with E-state index in [1.165, 1.54) is 17.3 Å². The third-order valence-electron chi connectivity index (χ3n) is 5.10. The summed E-state index contributed by atoms with van der Waals surface area (Å²) in [6.07, 6.45) is 3.39. The van der Waals surface area contributed by atoms with Gasteiger partial charge in [-0.3, -0.25) is 4.90 Å². The van der Waals surface area contributed by atoms with E-state index in [1.54, 1.807) is 38.4 Å². The summed E-state index contributed by atoms with van der Waals surface area (Å²) in [5.41, 5.74) is 0.652. The summed E-state index contributed by atoms with van der Waals surface area (Å²) in [6, 6.07) is 7.12. The molecule has 0 atom stereocenters. The minimum atomic E-state index is -3.63. The lowest BCUT2D eigenvalue weighted by atomic mass is 10.3. The van der Waals surface area contributed by atoms with Crippen molar-refractivity contribution in [3.8, 4) is 0 Å². The highest BCUT2D eigenvalue weighted by Crippen LogP contribution is 2.29. The average Bonchev–Trinajstić information content (AvgIpc) is 3.58. The van der Waals surface area contributed by atoms with Crippen LogP contribution in [0.25, 0.3) is 0 Å². The molecule has 1 aromatic carbocycles. The summed E-state index contributed by atoms with van der Waals surface area (Å²) in [7, 11) is -0.304. The maximum Gasteiger partial charge on any atom is 0.255 e. The third kappa shape index (κ3) is 5.21. The Morgan fingerprint density at radius 3 is 2.52 bits per heavy atom. The molecule has 158 valence electrons. The number of hydrogen-bond donors (Lipinski definition) is 2. The van der Waals surface area contributed by atoms with Gasteiger partial charge in [0.2, 0.25) is 5.96 Å². The van der Waals surface area contributed by atoms with Crippen molar-refractivity contribution in [3.05, 3.63) is 36.7 Å². The van der Waals surface area contributed by atoms with Crippen LogP contribution in [0, 0.1) is 0 Å². The summed E-state index contributed by atoms with van der Waals surface area (Å²) in [6.45, 7) is 9.61. The molecule has 3 rings (SSSR count). The van der Waals surface area contributed by atoms with Crippen LogP contribution in [0.5, 0.6) is 0 Å². The first-order chi connectivity index (χ1) is 13.8. The molecule has 2 fully saturated rings. The van der Waals surface area contributed by atoms with E-state index in [1.807, 2.05) is 5.01 Å². The molecule has 0 aromatic heterocycles. The summed E-state index contributed by atoms with van der Waals surface area (Å²) < 4.78 is 27.5. The van der Waals surface area contributed by atoms with Gasteiger partial charge in [-0.15, -0.1) is 4.41 Å². The Morgan fingerprint density at radius 1 is 1.24 bits per heavy atom. The molecule has 29 heavy (non-hydrogen) atoms. The van der Waals surface area contributed by atoms with Crippen molar-refractivity contribution in [2.45, 2.75) is 30.2 Å². The fourth-order valence-electron chi connectivity index (χ4n) is 3.21. The van der Waals surface area contributed by atoms with Gasteiger partial charge in [0.25, 0.3) is 10.0 Å². The summed E-state index contributed by atoms with van der Waals surface area (Å²) >= 11 is 0. The fraction of sp³-hybridized carbons (Fsp3) is 0.474. The molecule has 0 unspecified atom stereocenters. The van der Waals surface area contributed by atoms with Gasteiger partial charge < -0.3 is 10.6 Å². The second kappa shape index (κ2) is 9.04. The Bertz CT molecular complexity index is 878. The Morgan fingerprint density at radius 2 is 1.93 bits per heavy atom. The first-order valence-electron chi connectivity index (χ1n) is 9.62. The standard InChI is InChI=1S/C19H29N7O2S/c1-15(20-2)22-19(21-3)23-16-6-10-18(11-7-16)29(27,28)24(4)26-13-5-12-25(14-26)17-8-9-17/h6-7,10-11,17,20H,1,3,5,8-9,12-14H2,2,4H3,(H,22,23). The van der Waals surface area contributed by atoms with Crippen LogP contribution in [0.15, 0.2) is 51.5 Å². The first kappa shape index (κ1) is 21.4. The zero-order chi connectivity index (χ0) is 21.0. The molecule has 1 aliphatic carbocycles. The Labute approximate surface area is 172 Å². The quantitative estimate of drug-likeness (QED) is 0.514. The highest BCUT2D eigenvalue weighted by atomic mass is 32.2. The van der Waals surface area contributed by atoms with Crippen LogP contribution in [-0.4, -0.2) is 75.3 Å². The van der Waals surface area contributed by atoms with Gasteiger partial charge in [0.15, 0.2) is 0 Å². The second-order valence-electron chi connectivity index (χ2n) is 7.15. The molecule has 2 aliphatic rings. The number of hydrazine groups is 1. The molecule has 10 heteroatoms. The van der Waals surface area contributed by atoms with E-state index in [-0.39, 0.29) is 10.9 Å². The minimum absolute atomic E-state index is 0.235. The number of aliphatic imine (C=N–C) groups is 2. The Hall–Kier alpha value is -2.27. The lowest BCUT2D eigenvalue weighted by molar-refractivity contribution is -0.0184. The first-order valence-corrected chi connectivity index (χ1v) is 11.1. The van der Waals surface area contributed by atoms with Gasteiger partial charge in [-0.1, -0.05) is 6.58 Å². The van der Waals surface area contributed by atoms with Crippen LogP contribution < -0.4 is 10.6 Å². The van der Waals surface area contributed by atoms with Crippen LogP contribution in [0.2, 0.25) is 0 Å². The third-order valence-corrected chi connectivity index (χ3v) is 6.90. The van der Waals surface area contributed by atoms with Crippen molar-refractivity contribution in [2.24, 2.45) is 9.98 Å². The average molecular weight is 420 g/mol. The summed E-state index contributed by atoms with van der Waals surface area (Å²) in [5, 5.41) is 7.69. The molecule has 0 radical (unpaired) electrons. The fourth-order valence-corrected chi connectivity index (χ4v) is 4.43. The molecule has 0 bridgehead atoms. The number of rotatable bonds is 7. The monoisotopic (exact) mass is 419 g/mol. The zero-order valence-electron chi connectivity index (χ0n) is 17.0. The van der Waals surface area contributed by atoms with Crippen LogP contribution in [-0.2, 0) is 10.0 Å². The number of nitrogens with zero attached hydrogens (tertiary/aromatic N) is 5. The molecule has 1 heterocycles. The van der Waals surface area contributed by atoms with Crippen LogP contribution in [0.4, 0.5) is 5.69 Å². The van der Waals surface area contributed by atoms with Crippen LogP contribution >= 0.6 is 0 Å². The Balaban J connectivity index is 1.69. The SMILES string of the molecule is C=N/C(=N\C(=C)NC)Nc1ccc(S(=O)(=O)N(C)N2CCCN(C3CC3)C2)cc1. The van der Waals surface area contributed by atoms with E-state index in [4.69, 9.17) is 0 Å². The van der Waals surface area contributed by atoms with Crippen molar-refractivity contribution in [2.75, 3.05) is 39.2 Å². The highest BCUT2D eigenvalue weighted by molar-refractivity contribution is 7.89. The maximum absolute atomic E-state index is 13.1. The summed E-state index contributed by atoms with van der Waals surface area (Å²) in [4.78, 5) is 10.5. The van der Waals surface area contributed by atoms with E-state index < -0.39 is 10.0 Å². The van der Waals surface area contributed by atoms with Crippen LogP contribution in [0.3, 0.4) is 0 Å². The molecule has 0 amide bonds. The van der Waals surface area contributed by atoms with Crippen molar-refractivity contribution < 1.29 is 8.42 Å². The molecule has 9 nitrogen and oxygen atoms in total. The van der Waals surface area contributed by atoms with E-state index in [0.717, 1.165) is 19.5 Å². The van der Waals surface area contributed by atoms with E-state index >= 15 is 0 Å². The van der Waals surface area contributed by atoms with Gasteiger partial charge in [-0.25, -0.2) is 18.4 Å². The molecule has 1 aromatic rings. The molecular formula is C19H29N7O2S. The number of anilines is 1. The largest absolute Gasteiger partial charge is 0.374 e. The van der Waals surface area contributed by atoms with Gasteiger partial charge in [0.05, 0.1) is 11.6 Å². The van der Waals surface area contributed by atoms with Gasteiger partial charge in [-0.2, -0.15) is 4.99 Å². The minimum Gasteiger partial charge on any atom is -0.374 e. The smallest absolute Gasteiger partial charge is 0.255 e. The van der Waals surface area contributed by atoms with Gasteiger partial charge in [0.1, 0.15) is 5.82 Å². The van der Waals surface area contributed by atoms with Crippen molar-refractivity contribution in [1.82, 2.24) is 19.6 Å². The lowest BCUT2D eigenvalue weighted by Crippen LogP contribution is -2.53. The lowest BCUT2D eigenvalue weighted by Gasteiger charge is -2.39. The number of guanidine groups is 1. The van der Waals surface area contributed by atoms with Gasteiger partial charge in [0, 0.05) is 38.9 Å². The second-order valence-corrected chi connectivity index (χ2v) is 9.10. The molecule has 2 N–H and O–H groups in total. The highest BCUT2D eigenvalue weighted by Gasteiger charge is 2.35. The van der Waals surface area contributed by atoms with Crippen molar-refractivity contribution in [3.63, 3.8) is 0 Å². The molecule has 1 saturated carbocycles. The van der Waals surface area contributed by atoms with Gasteiger partial charge >= 0.3 is 0 Å². The number of sulfonamides is 1. The number of benzene rings is 1. The molecule has 1 aliphatic heterocycles. The summed E-state index contributed by atoms with van der Waals surface area (Å²) in [5.74, 6) is 0.702. The van der Waals surface area contributed by atoms with Crippen LogP contribution in [0.1, 0.15) is 19.3 Å². The number of hydrogen-bond acceptors (Lipinski definition) is 6. The molecule has 0 spiro atoms. The zero-order valence-corrected chi connectivity index (χ0v) is 17.8. The normalized spacial score (nSPS) is 19.2. The Kier molecular flexibility index (Phi) is 6.68. The molecule has 1 saturated heterocycles. The topological polar surface area (TPSA) is 92.6 Å². The predicted octanol–water partition coefficient (Wildman–Crippen LogP) is 1.51. The predicted molar refractivity (Wildman–Crippen MR) is 116 cm³/mol. The van der Waals surface area contributed by atoms with Crippen molar-refractivity contribution >= 4 is 28.4 Å². The van der Waals surface area contributed by atoms with Gasteiger partial charge in [-0.05, 0) is 50.2 Å². The number of nitrogens with one attached hydrogen (secondary N) is 2.